The number of anilines is 1. The van der Waals surface area contributed by atoms with Crippen molar-refractivity contribution in [3.8, 4) is 0 Å². The number of carbonyl (C=O) groups excluding carboxylic acids is 3. The third-order valence-electron chi connectivity index (χ3n) is 4.62. The Bertz CT molecular complexity index is 1090. The van der Waals surface area contributed by atoms with Gasteiger partial charge < -0.3 is 5.32 Å². The number of hydrogen-bond donors (Lipinski definition) is 1. The van der Waals surface area contributed by atoms with Crippen molar-refractivity contribution in [1.29, 1.82) is 0 Å². The van der Waals surface area contributed by atoms with E-state index in [4.69, 9.17) is 0 Å². The molecular weight excluding hydrogens is 392 g/mol. The molecule has 2 aromatic carbocycles. The summed E-state index contributed by atoms with van der Waals surface area (Å²) >= 11 is 0. The number of amides is 3. The summed E-state index contributed by atoms with van der Waals surface area (Å²) in [5.41, 5.74) is 1.71. The molecule has 0 bridgehead atoms. The average Bonchev–Trinajstić information content (AvgIpc) is 2.92. The SMILES string of the molecule is C=CCS(=O)(=O)c1ccc(C)c(NC(=O)CCN2C(=O)c3ccccc3C2=O)c1. The summed E-state index contributed by atoms with van der Waals surface area (Å²) < 4.78 is 24.4. The quantitative estimate of drug-likeness (QED) is 0.556. The van der Waals surface area contributed by atoms with Crippen molar-refractivity contribution in [2.75, 3.05) is 17.6 Å². The molecule has 1 aliphatic rings. The van der Waals surface area contributed by atoms with Crippen molar-refractivity contribution >= 4 is 33.2 Å². The van der Waals surface area contributed by atoms with Gasteiger partial charge in [0.2, 0.25) is 5.91 Å². The highest BCUT2D eigenvalue weighted by atomic mass is 32.2. The van der Waals surface area contributed by atoms with Crippen LogP contribution in [-0.2, 0) is 14.6 Å². The van der Waals surface area contributed by atoms with Gasteiger partial charge in [0.25, 0.3) is 11.8 Å². The molecule has 0 spiro atoms. The Balaban J connectivity index is 1.69. The normalized spacial score (nSPS) is 13.3. The first-order valence-electron chi connectivity index (χ1n) is 8.94. The molecule has 0 unspecified atom stereocenters. The lowest BCUT2D eigenvalue weighted by Crippen LogP contribution is -2.33. The molecule has 0 aromatic heterocycles. The monoisotopic (exact) mass is 412 g/mol. The standard InChI is InChI=1S/C21H20N2O5S/c1-3-12-29(27,28)15-9-8-14(2)18(13-15)22-19(24)10-11-23-20(25)16-6-4-5-7-17(16)21(23)26/h3-9,13H,1,10-12H2,2H3,(H,22,24). The van der Waals surface area contributed by atoms with Crippen LogP contribution in [0.15, 0.2) is 60.0 Å². The molecule has 0 aliphatic carbocycles. The van der Waals surface area contributed by atoms with Gasteiger partial charge in [0.05, 0.1) is 21.8 Å². The maximum atomic E-state index is 12.4. The zero-order valence-corrected chi connectivity index (χ0v) is 16.7. The van der Waals surface area contributed by atoms with E-state index in [1.165, 1.54) is 18.2 Å². The Labute approximate surface area is 168 Å². The predicted molar refractivity (Wildman–Crippen MR) is 108 cm³/mol. The summed E-state index contributed by atoms with van der Waals surface area (Å²) in [5, 5.41) is 2.66. The first-order valence-corrected chi connectivity index (χ1v) is 10.6. The second-order valence-corrected chi connectivity index (χ2v) is 8.69. The zero-order valence-electron chi connectivity index (χ0n) is 15.8. The van der Waals surface area contributed by atoms with Crippen LogP contribution >= 0.6 is 0 Å². The number of carbonyl (C=O) groups is 3. The highest BCUT2D eigenvalue weighted by Crippen LogP contribution is 2.24. The van der Waals surface area contributed by atoms with Gasteiger partial charge in [0.15, 0.2) is 9.84 Å². The first-order chi connectivity index (χ1) is 13.7. The number of imide groups is 1. The molecule has 0 fully saturated rings. The number of aryl methyl sites for hydroxylation is 1. The van der Waals surface area contributed by atoms with Crippen LogP contribution < -0.4 is 5.32 Å². The van der Waals surface area contributed by atoms with Crippen LogP contribution in [0.2, 0.25) is 0 Å². The molecule has 0 atom stereocenters. The first kappa shape index (κ1) is 20.5. The second-order valence-electron chi connectivity index (χ2n) is 6.65. The van der Waals surface area contributed by atoms with Gasteiger partial charge >= 0.3 is 0 Å². The van der Waals surface area contributed by atoms with Gasteiger partial charge in [-0.1, -0.05) is 24.3 Å². The highest BCUT2D eigenvalue weighted by Gasteiger charge is 2.35. The summed E-state index contributed by atoms with van der Waals surface area (Å²) in [7, 11) is -3.52. The summed E-state index contributed by atoms with van der Waals surface area (Å²) in [4.78, 5) is 38.2. The van der Waals surface area contributed by atoms with Crippen molar-refractivity contribution in [3.63, 3.8) is 0 Å². The van der Waals surface area contributed by atoms with Crippen molar-refractivity contribution in [3.05, 3.63) is 71.8 Å². The van der Waals surface area contributed by atoms with Crippen LogP contribution in [0.5, 0.6) is 0 Å². The average molecular weight is 412 g/mol. The second kappa shape index (κ2) is 8.00. The molecule has 3 rings (SSSR count). The maximum absolute atomic E-state index is 12.4. The molecule has 2 aromatic rings. The Kier molecular flexibility index (Phi) is 5.65. The fourth-order valence-electron chi connectivity index (χ4n) is 3.05. The molecule has 3 amide bonds. The molecule has 8 heteroatoms. The molecule has 0 saturated carbocycles. The molecule has 29 heavy (non-hydrogen) atoms. The minimum Gasteiger partial charge on any atom is -0.326 e. The van der Waals surface area contributed by atoms with Crippen molar-refractivity contribution in [1.82, 2.24) is 4.90 Å². The topological polar surface area (TPSA) is 101 Å². The van der Waals surface area contributed by atoms with E-state index < -0.39 is 27.6 Å². The van der Waals surface area contributed by atoms with Gasteiger partial charge in [-0.15, -0.1) is 6.58 Å². The van der Waals surface area contributed by atoms with E-state index in [1.54, 1.807) is 37.3 Å². The van der Waals surface area contributed by atoms with Crippen LogP contribution in [0.3, 0.4) is 0 Å². The van der Waals surface area contributed by atoms with E-state index in [9.17, 15) is 22.8 Å². The van der Waals surface area contributed by atoms with Gasteiger partial charge in [-0.3, -0.25) is 19.3 Å². The lowest BCUT2D eigenvalue weighted by atomic mass is 10.1. The number of hydrogen-bond acceptors (Lipinski definition) is 5. The zero-order chi connectivity index (χ0) is 21.2. The summed E-state index contributed by atoms with van der Waals surface area (Å²) in [5.74, 6) is -1.48. The van der Waals surface area contributed by atoms with E-state index in [1.807, 2.05) is 0 Å². The summed E-state index contributed by atoms with van der Waals surface area (Å²) in [6, 6.07) is 11.0. The van der Waals surface area contributed by atoms with Crippen LogP contribution in [-0.4, -0.2) is 43.3 Å². The Morgan fingerprint density at radius 1 is 1.10 bits per heavy atom. The predicted octanol–water partition coefficient (Wildman–Crippen LogP) is 2.58. The van der Waals surface area contributed by atoms with Crippen LogP contribution in [0.4, 0.5) is 5.69 Å². The van der Waals surface area contributed by atoms with Crippen molar-refractivity contribution in [2.45, 2.75) is 18.2 Å². The third-order valence-corrected chi connectivity index (χ3v) is 6.27. The van der Waals surface area contributed by atoms with Gasteiger partial charge in [0.1, 0.15) is 0 Å². The smallest absolute Gasteiger partial charge is 0.261 e. The van der Waals surface area contributed by atoms with E-state index in [0.717, 1.165) is 4.90 Å². The Morgan fingerprint density at radius 3 is 2.31 bits per heavy atom. The largest absolute Gasteiger partial charge is 0.326 e. The molecule has 1 aliphatic heterocycles. The van der Waals surface area contributed by atoms with Gasteiger partial charge in [-0.05, 0) is 36.8 Å². The van der Waals surface area contributed by atoms with Gasteiger partial charge in [-0.2, -0.15) is 0 Å². The van der Waals surface area contributed by atoms with E-state index in [0.29, 0.717) is 22.4 Å². The molecule has 1 N–H and O–H groups in total. The minimum absolute atomic E-state index is 0.0638. The number of rotatable bonds is 7. The Morgan fingerprint density at radius 2 is 1.72 bits per heavy atom. The number of nitrogens with zero attached hydrogens (tertiary/aromatic N) is 1. The van der Waals surface area contributed by atoms with Gasteiger partial charge in [0, 0.05) is 18.7 Å². The molecule has 0 radical (unpaired) electrons. The molecule has 150 valence electrons. The van der Waals surface area contributed by atoms with E-state index in [2.05, 4.69) is 11.9 Å². The number of sulfone groups is 1. The lowest BCUT2D eigenvalue weighted by Gasteiger charge is -2.14. The van der Waals surface area contributed by atoms with Crippen LogP contribution in [0, 0.1) is 6.92 Å². The van der Waals surface area contributed by atoms with Crippen molar-refractivity contribution in [2.24, 2.45) is 0 Å². The minimum atomic E-state index is -3.52. The molecule has 0 saturated heterocycles. The maximum Gasteiger partial charge on any atom is 0.261 e. The van der Waals surface area contributed by atoms with Crippen molar-refractivity contribution < 1.29 is 22.8 Å². The lowest BCUT2D eigenvalue weighted by molar-refractivity contribution is -0.116. The van der Waals surface area contributed by atoms with E-state index in [-0.39, 0.29) is 23.6 Å². The number of benzene rings is 2. The highest BCUT2D eigenvalue weighted by molar-refractivity contribution is 7.91. The number of fused-ring (bicyclic) bond motifs is 1. The number of nitrogens with one attached hydrogen (secondary N) is 1. The van der Waals surface area contributed by atoms with Gasteiger partial charge in [-0.25, -0.2) is 8.42 Å². The fraction of sp³-hybridized carbons (Fsp3) is 0.190. The molecular formula is C21H20N2O5S. The third kappa shape index (κ3) is 4.12. The Hall–Kier alpha value is -3.26. The van der Waals surface area contributed by atoms with E-state index >= 15 is 0 Å². The molecule has 7 nitrogen and oxygen atoms in total. The fourth-order valence-corrected chi connectivity index (χ4v) is 4.12. The summed E-state index contributed by atoms with van der Waals surface area (Å²) in [6.45, 7) is 5.12. The van der Waals surface area contributed by atoms with Crippen LogP contribution in [0.1, 0.15) is 32.7 Å². The molecule has 1 heterocycles. The van der Waals surface area contributed by atoms with Crippen LogP contribution in [0.25, 0.3) is 0 Å². The summed E-state index contributed by atoms with van der Waals surface area (Å²) in [6.07, 6.45) is 1.20.